The maximum absolute atomic E-state index is 11.2. The van der Waals surface area contributed by atoms with Gasteiger partial charge in [0.05, 0.1) is 18.3 Å². The van der Waals surface area contributed by atoms with Crippen molar-refractivity contribution in [1.82, 2.24) is 4.98 Å². The number of carboxylic acids is 1. The highest BCUT2D eigenvalue weighted by Gasteiger charge is 2.30. The molecule has 0 aliphatic heterocycles. The lowest BCUT2D eigenvalue weighted by atomic mass is 9.89. The fourth-order valence-electron chi connectivity index (χ4n) is 1.69. The van der Waals surface area contributed by atoms with Gasteiger partial charge < -0.3 is 9.84 Å². The van der Waals surface area contributed by atoms with E-state index in [1.807, 2.05) is 24.3 Å². The van der Waals surface area contributed by atoms with Gasteiger partial charge in [-0.3, -0.25) is 9.78 Å². The number of carboxylic acid groups (broad SMARTS) is 1. The first-order valence-electron chi connectivity index (χ1n) is 5.64. The van der Waals surface area contributed by atoms with Crippen molar-refractivity contribution in [3.05, 3.63) is 36.0 Å². The number of rotatable bonds is 3. The number of hydrogen-bond acceptors (Lipinski definition) is 3. The summed E-state index contributed by atoms with van der Waals surface area (Å²) < 4.78 is 5.14. The molecule has 0 bridgehead atoms. The van der Waals surface area contributed by atoms with E-state index >= 15 is 0 Å². The lowest BCUT2D eigenvalue weighted by Crippen LogP contribution is -2.29. The zero-order chi connectivity index (χ0) is 13.3. The average molecular weight is 245 g/mol. The average Bonchev–Trinajstić information content (AvgIpc) is 2.37. The van der Waals surface area contributed by atoms with Gasteiger partial charge in [0, 0.05) is 5.39 Å². The molecule has 18 heavy (non-hydrogen) atoms. The van der Waals surface area contributed by atoms with Crippen LogP contribution in [-0.2, 0) is 10.2 Å². The molecule has 1 heterocycles. The van der Waals surface area contributed by atoms with Gasteiger partial charge in [-0.2, -0.15) is 0 Å². The summed E-state index contributed by atoms with van der Waals surface area (Å²) in [6.07, 6.45) is 0. The number of aliphatic carboxylic acids is 1. The largest absolute Gasteiger partial charge is 0.497 e. The van der Waals surface area contributed by atoms with Crippen LogP contribution in [0.15, 0.2) is 30.3 Å². The van der Waals surface area contributed by atoms with Gasteiger partial charge in [-0.1, -0.05) is 6.07 Å². The molecule has 2 aromatic rings. The van der Waals surface area contributed by atoms with E-state index in [9.17, 15) is 9.90 Å². The number of methoxy groups -OCH3 is 1. The van der Waals surface area contributed by atoms with E-state index in [-0.39, 0.29) is 0 Å². The highest BCUT2D eigenvalue weighted by Crippen LogP contribution is 2.25. The first kappa shape index (κ1) is 12.4. The van der Waals surface area contributed by atoms with Crippen molar-refractivity contribution in [3.63, 3.8) is 0 Å². The van der Waals surface area contributed by atoms with Crippen LogP contribution in [0.2, 0.25) is 0 Å². The molecule has 4 heteroatoms. The Morgan fingerprint density at radius 2 is 2.00 bits per heavy atom. The molecular formula is C14H15NO3. The van der Waals surface area contributed by atoms with Crippen LogP contribution in [0.4, 0.5) is 0 Å². The summed E-state index contributed by atoms with van der Waals surface area (Å²) in [4.78, 5) is 15.6. The zero-order valence-corrected chi connectivity index (χ0v) is 10.6. The second kappa shape index (κ2) is 4.29. The van der Waals surface area contributed by atoms with Crippen LogP contribution in [0.3, 0.4) is 0 Å². The third-order valence-corrected chi connectivity index (χ3v) is 3.07. The van der Waals surface area contributed by atoms with Gasteiger partial charge in [-0.15, -0.1) is 0 Å². The van der Waals surface area contributed by atoms with Crippen LogP contribution >= 0.6 is 0 Å². The van der Waals surface area contributed by atoms with Crippen LogP contribution in [0.25, 0.3) is 10.9 Å². The van der Waals surface area contributed by atoms with Crippen molar-refractivity contribution in [2.75, 3.05) is 7.11 Å². The summed E-state index contributed by atoms with van der Waals surface area (Å²) in [7, 11) is 1.61. The van der Waals surface area contributed by atoms with Crippen LogP contribution < -0.4 is 4.74 Å². The zero-order valence-electron chi connectivity index (χ0n) is 10.6. The van der Waals surface area contributed by atoms with Gasteiger partial charge in [-0.25, -0.2) is 0 Å². The Morgan fingerprint density at radius 3 is 2.61 bits per heavy atom. The molecule has 0 fully saturated rings. The number of pyridine rings is 1. The second-order valence-corrected chi connectivity index (χ2v) is 4.69. The monoisotopic (exact) mass is 245 g/mol. The maximum atomic E-state index is 11.2. The van der Waals surface area contributed by atoms with Gasteiger partial charge in [0.15, 0.2) is 0 Å². The minimum atomic E-state index is -0.992. The van der Waals surface area contributed by atoms with Gasteiger partial charge in [0.2, 0.25) is 0 Å². The molecule has 94 valence electrons. The molecule has 1 aromatic carbocycles. The number of carbonyl (C=O) groups is 1. The minimum Gasteiger partial charge on any atom is -0.497 e. The van der Waals surface area contributed by atoms with Crippen molar-refractivity contribution in [3.8, 4) is 5.75 Å². The molecule has 0 spiro atoms. The predicted octanol–water partition coefficient (Wildman–Crippen LogP) is 2.61. The summed E-state index contributed by atoms with van der Waals surface area (Å²) >= 11 is 0. The molecule has 0 unspecified atom stereocenters. The highest BCUT2D eigenvalue weighted by molar-refractivity contribution is 5.83. The highest BCUT2D eigenvalue weighted by atomic mass is 16.5. The predicted molar refractivity (Wildman–Crippen MR) is 69.0 cm³/mol. The molecule has 1 aromatic heterocycles. The van der Waals surface area contributed by atoms with Gasteiger partial charge in [0.1, 0.15) is 11.2 Å². The second-order valence-electron chi connectivity index (χ2n) is 4.69. The number of nitrogens with zero attached hydrogens (tertiary/aromatic N) is 1. The molecule has 4 nitrogen and oxygen atoms in total. The lowest BCUT2D eigenvalue weighted by molar-refractivity contribution is -0.142. The van der Waals surface area contributed by atoms with E-state index in [2.05, 4.69) is 4.98 Å². The van der Waals surface area contributed by atoms with Gasteiger partial charge >= 0.3 is 5.97 Å². The third-order valence-electron chi connectivity index (χ3n) is 3.07. The fraction of sp³-hybridized carbons (Fsp3) is 0.286. The van der Waals surface area contributed by atoms with Crippen molar-refractivity contribution in [2.45, 2.75) is 19.3 Å². The quantitative estimate of drug-likeness (QED) is 0.903. The van der Waals surface area contributed by atoms with Gasteiger partial charge in [-0.05, 0) is 38.1 Å². The lowest BCUT2D eigenvalue weighted by Gasteiger charge is -2.18. The summed E-state index contributed by atoms with van der Waals surface area (Å²) in [5.41, 5.74) is 0.323. The topological polar surface area (TPSA) is 59.4 Å². The number of fused-ring (bicyclic) bond motifs is 1. The summed E-state index contributed by atoms with van der Waals surface area (Å²) in [6.45, 7) is 3.29. The first-order chi connectivity index (χ1) is 8.45. The number of ether oxygens (including phenoxy) is 1. The molecule has 0 saturated carbocycles. The molecule has 2 rings (SSSR count). The van der Waals surface area contributed by atoms with Crippen molar-refractivity contribution >= 4 is 16.9 Å². The summed E-state index contributed by atoms with van der Waals surface area (Å²) in [5, 5.41) is 10.1. The standard InChI is InChI=1S/C14H15NO3/c1-14(2,13(16)17)12-7-4-9-8-10(18-3)5-6-11(9)15-12/h4-8H,1-3H3,(H,16,17). The van der Waals surface area contributed by atoms with Crippen LogP contribution in [0.1, 0.15) is 19.5 Å². The van der Waals surface area contributed by atoms with Crippen molar-refractivity contribution < 1.29 is 14.6 Å². The summed E-state index contributed by atoms with van der Waals surface area (Å²) in [6, 6.07) is 9.13. The number of hydrogen-bond donors (Lipinski definition) is 1. The van der Waals surface area contributed by atoms with Gasteiger partial charge in [0.25, 0.3) is 0 Å². The molecule has 0 radical (unpaired) electrons. The Kier molecular flexibility index (Phi) is 2.95. The molecular weight excluding hydrogens is 230 g/mol. The van der Waals surface area contributed by atoms with Crippen LogP contribution in [-0.4, -0.2) is 23.2 Å². The van der Waals surface area contributed by atoms with E-state index in [1.54, 1.807) is 27.0 Å². The normalized spacial score (nSPS) is 11.5. The molecule has 0 saturated heterocycles. The van der Waals surface area contributed by atoms with E-state index in [0.29, 0.717) is 5.69 Å². The summed E-state index contributed by atoms with van der Waals surface area (Å²) in [5.74, 6) is -0.127. The van der Waals surface area contributed by atoms with E-state index in [4.69, 9.17) is 4.74 Å². The number of aromatic nitrogens is 1. The van der Waals surface area contributed by atoms with Crippen molar-refractivity contribution in [1.29, 1.82) is 0 Å². The Bertz CT molecular complexity index is 605. The third kappa shape index (κ3) is 2.01. The van der Waals surface area contributed by atoms with E-state index in [1.165, 1.54) is 0 Å². The van der Waals surface area contributed by atoms with Crippen molar-refractivity contribution in [2.24, 2.45) is 0 Å². The SMILES string of the molecule is COc1ccc2nc(C(C)(C)C(=O)O)ccc2c1. The molecule has 0 aliphatic carbocycles. The Hall–Kier alpha value is -2.10. The Balaban J connectivity index is 2.55. The number of benzene rings is 1. The first-order valence-corrected chi connectivity index (χ1v) is 5.64. The maximum Gasteiger partial charge on any atom is 0.315 e. The Morgan fingerprint density at radius 1 is 1.28 bits per heavy atom. The van der Waals surface area contributed by atoms with Crippen LogP contribution in [0.5, 0.6) is 5.75 Å². The molecule has 0 aliphatic rings. The smallest absolute Gasteiger partial charge is 0.315 e. The van der Waals surface area contributed by atoms with Crippen LogP contribution in [0, 0.1) is 0 Å². The fourth-order valence-corrected chi connectivity index (χ4v) is 1.69. The van der Waals surface area contributed by atoms with E-state index < -0.39 is 11.4 Å². The minimum absolute atomic E-state index is 0.549. The molecule has 1 N–H and O–H groups in total. The molecule has 0 amide bonds. The van der Waals surface area contributed by atoms with E-state index in [0.717, 1.165) is 16.7 Å². The molecule has 0 atom stereocenters. The Labute approximate surface area is 105 Å².